The molecule has 0 radical (unpaired) electrons. The Hall–Kier alpha value is -3.13. The van der Waals surface area contributed by atoms with Crippen LogP contribution in [0, 0.1) is 6.92 Å². The summed E-state index contributed by atoms with van der Waals surface area (Å²) in [5.74, 6) is 0.923. The molecule has 140 valence electrons. The molecule has 8 heteroatoms. The molecule has 1 fully saturated rings. The fourth-order valence-corrected chi connectivity index (χ4v) is 3.28. The largest absolute Gasteiger partial charge is 0.360 e. The van der Waals surface area contributed by atoms with Crippen LogP contribution < -0.4 is 5.32 Å². The molecule has 8 nitrogen and oxygen atoms in total. The first kappa shape index (κ1) is 17.3. The van der Waals surface area contributed by atoms with Crippen molar-refractivity contribution < 1.29 is 14.1 Å². The number of nitrogens with zero attached hydrogens (tertiary/aromatic N) is 3. The molecule has 0 spiro atoms. The number of aryl methyl sites for hydroxylation is 1. The number of aromatic nitrogens is 2. The summed E-state index contributed by atoms with van der Waals surface area (Å²) in [7, 11) is 0. The van der Waals surface area contributed by atoms with Gasteiger partial charge < -0.3 is 19.7 Å². The summed E-state index contributed by atoms with van der Waals surface area (Å²) in [6.07, 6.45) is 0. The molecule has 3 heterocycles. The van der Waals surface area contributed by atoms with E-state index in [1.165, 1.54) is 0 Å². The Kier molecular flexibility index (Phi) is 4.64. The number of rotatable bonds is 4. The number of anilines is 1. The molecule has 2 N–H and O–H groups in total. The molecule has 4 rings (SSSR count). The first-order valence-electron chi connectivity index (χ1n) is 8.91. The third-order valence-electron chi connectivity index (χ3n) is 4.68. The van der Waals surface area contributed by atoms with Gasteiger partial charge in [0, 0.05) is 43.1 Å². The van der Waals surface area contributed by atoms with Crippen LogP contribution in [0.4, 0.5) is 5.82 Å². The molecule has 2 aromatic heterocycles. The quantitative estimate of drug-likeness (QED) is 0.734. The average molecular weight is 367 g/mol. The molecule has 0 bridgehead atoms. The van der Waals surface area contributed by atoms with Gasteiger partial charge in [0.1, 0.15) is 11.5 Å². The highest BCUT2D eigenvalue weighted by Crippen LogP contribution is 2.17. The first-order valence-corrected chi connectivity index (χ1v) is 8.91. The summed E-state index contributed by atoms with van der Waals surface area (Å²) in [5.41, 5.74) is 1.56. The normalized spacial score (nSPS) is 15.2. The molecular weight excluding hydrogens is 346 g/mol. The van der Waals surface area contributed by atoms with Gasteiger partial charge in [-0.2, -0.15) is 0 Å². The van der Waals surface area contributed by atoms with Gasteiger partial charge in [-0.25, -0.2) is 0 Å². The van der Waals surface area contributed by atoms with Crippen LogP contribution in [-0.2, 0) is 4.79 Å². The summed E-state index contributed by atoms with van der Waals surface area (Å²) in [5, 5.41) is 7.49. The minimum atomic E-state index is -0.140. The molecule has 0 aliphatic carbocycles. The second-order valence-corrected chi connectivity index (χ2v) is 6.71. The fraction of sp³-hybridized carbons (Fsp3) is 0.316. The van der Waals surface area contributed by atoms with Crippen molar-refractivity contribution in [3.63, 3.8) is 0 Å². The number of hydrogen-bond donors (Lipinski definition) is 2. The number of carbonyl (C=O) groups excluding carboxylic acids is 2. The summed E-state index contributed by atoms with van der Waals surface area (Å²) < 4.78 is 4.93. The average Bonchev–Trinajstić information content (AvgIpc) is 3.27. The van der Waals surface area contributed by atoms with Crippen molar-refractivity contribution >= 4 is 28.5 Å². The van der Waals surface area contributed by atoms with Gasteiger partial charge in [-0.3, -0.25) is 14.5 Å². The molecule has 3 aromatic rings. The lowest BCUT2D eigenvalue weighted by Gasteiger charge is -2.34. The van der Waals surface area contributed by atoms with E-state index < -0.39 is 0 Å². The first-order chi connectivity index (χ1) is 13.1. The van der Waals surface area contributed by atoms with Crippen LogP contribution in [0.5, 0.6) is 0 Å². The number of piperazine rings is 1. The molecule has 0 atom stereocenters. The minimum absolute atomic E-state index is 0.00614. The second-order valence-electron chi connectivity index (χ2n) is 6.71. The monoisotopic (exact) mass is 367 g/mol. The molecule has 2 amide bonds. The maximum Gasteiger partial charge on any atom is 0.270 e. The van der Waals surface area contributed by atoms with Crippen molar-refractivity contribution in [2.75, 3.05) is 38.0 Å². The smallest absolute Gasteiger partial charge is 0.270 e. The van der Waals surface area contributed by atoms with E-state index in [9.17, 15) is 9.59 Å². The minimum Gasteiger partial charge on any atom is -0.360 e. The Labute approximate surface area is 156 Å². The Balaban J connectivity index is 1.30. The third-order valence-corrected chi connectivity index (χ3v) is 4.68. The molecule has 0 unspecified atom stereocenters. The second kappa shape index (κ2) is 7.24. The number of fused-ring (bicyclic) bond motifs is 1. The van der Waals surface area contributed by atoms with Crippen molar-refractivity contribution in [2.24, 2.45) is 0 Å². The van der Waals surface area contributed by atoms with E-state index in [0.717, 1.165) is 10.9 Å². The molecule has 1 aliphatic rings. The zero-order chi connectivity index (χ0) is 18.8. The molecular formula is C19H21N5O3. The van der Waals surface area contributed by atoms with Gasteiger partial charge in [-0.05, 0) is 19.1 Å². The van der Waals surface area contributed by atoms with Gasteiger partial charge in [0.25, 0.3) is 5.91 Å². The Morgan fingerprint density at radius 3 is 2.67 bits per heavy atom. The predicted octanol–water partition coefficient (Wildman–Crippen LogP) is 1.86. The Morgan fingerprint density at radius 2 is 1.96 bits per heavy atom. The van der Waals surface area contributed by atoms with E-state index in [1.807, 2.05) is 40.1 Å². The standard InChI is InChI=1S/C19H21N5O3/c1-13-10-17(22-27-13)21-18(25)12-23-6-8-24(9-7-23)19(26)16-11-14-4-2-3-5-15(14)20-16/h2-5,10-11,20H,6-9,12H2,1H3,(H,21,22,25). The predicted molar refractivity (Wildman–Crippen MR) is 101 cm³/mol. The van der Waals surface area contributed by atoms with Crippen LogP contribution in [0.25, 0.3) is 10.9 Å². The molecule has 1 aromatic carbocycles. The van der Waals surface area contributed by atoms with Crippen LogP contribution in [0.2, 0.25) is 0 Å². The van der Waals surface area contributed by atoms with Gasteiger partial charge >= 0.3 is 0 Å². The number of amides is 2. The van der Waals surface area contributed by atoms with E-state index in [1.54, 1.807) is 13.0 Å². The van der Waals surface area contributed by atoms with E-state index in [4.69, 9.17) is 4.52 Å². The van der Waals surface area contributed by atoms with Gasteiger partial charge in [0.15, 0.2) is 5.82 Å². The highest BCUT2D eigenvalue weighted by atomic mass is 16.5. The van der Waals surface area contributed by atoms with E-state index in [2.05, 4.69) is 15.5 Å². The summed E-state index contributed by atoms with van der Waals surface area (Å²) in [6, 6.07) is 11.4. The molecule has 1 saturated heterocycles. The number of nitrogens with one attached hydrogen (secondary N) is 2. The van der Waals surface area contributed by atoms with Crippen molar-refractivity contribution in [3.8, 4) is 0 Å². The van der Waals surface area contributed by atoms with E-state index in [0.29, 0.717) is 43.5 Å². The van der Waals surface area contributed by atoms with Crippen LogP contribution in [0.15, 0.2) is 40.9 Å². The number of hydrogen-bond acceptors (Lipinski definition) is 5. The summed E-state index contributed by atoms with van der Waals surface area (Å²) in [6.45, 7) is 4.51. The van der Waals surface area contributed by atoms with Gasteiger partial charge in [0.05, 0.1) is 6.54 Å². The highest BCUT2D eigenvalue weighted by Gasteiger charge is 2.24. The fourth-order valence-electron chi connectivity index (χ4n) is 3.28. The van der Waals surface area contributed by atoms with Crippen molar-refractivity contribution in [2.45, 2.75) is 6.92 Å². The lowest BCUT2D eigenvalue weighted by Crippen LogP contribution is -2.50. The Bertz CT molecular complexity index is 936. The zero-order valence-electron chi connectivity index (χ0n) is 15.1. The zero-order valence-corrected chi connectivity index (χ0v) is 15.1. The van der Waals surface area contributed by atoms with E-state index >= 15 is 0 Å². The molecule has 0 saturated carbocycles. The SMILES string of the molecule is Cc1cc(NC(=O)CN2CCN(C(=O)c3cc4ccccc4[nH]3)CC2)no1. The molecule has 1 aliphatic heterocycles. The number of H-pyrrole nitrogens is 1. The molecule has 27 heavy (non-hydrogen) atoms. The van der Waals surface area contributed by atoms with Gasteiger partial charge in [-0.1, -0.05) is 23.4 Å². The van der Waals surface area contributed by atoms with Crippen LogP contribution in [0.3, 0.4) is 0 Å². The maximum atomic E-state index is 12.7. The number of para-hydroxylation sites is 1. The van der Waals surface area contributed by atoms with Crippen LogP contribution in [-0.4, -0.2) is 64.5 Å². The summed E-state index contributed by atoms with van der Waals surface area (Å²) >= 11 is 0. The van der Waals surface area contributed by atoms with Crippen molar-refractivity contribution in [3.05, 3.63) is 47.9 Å². The van der Waals surface area contributed by atoms with Crippen LogP contribution in [0.1, 0.15) is 16.2 Å². The number of benzene rings is 1. The lowest BCUT2D eigenvalue weighted by atomic mass is 10.2. The third kappa shape index (κ3) is 3.85. The van der Waals surface area contributed by atoms with Crippen molar-refractivity contribution in [1.29, 1.82) is 0 Å². The Morgan fingerprint density at radius 1 is 1.19 bits per heavy atom. The lowest BCUT2D eigenvalue weighted by molar-refractivity contribution is -0.117. The van der Waals surface area contributed by atoms with Gasteiger partial charge in [-0.15, -0.1) is 0 Å². The number of carbonyl (C=O) groups is 2. The van der Waals surface area contributed by atoms with Gasteiger partial charge in [0.2, 0.25) is 5.91 Å². The number of aromatic amines is 1. The van der Waals surface area contributed by atoms with Crippen LogP contribution >= 0.6 is 0 Å². The topological polar surface area (TPSA) is 94.5 Å². The van der Waals surface area contributed by atoms with E-state index in [-0.39, 0.29) is 18.4 Å². The van der Waals surface area contributed by atoms with Crippen molar-refractivity contribution in [1.82, 2.24) is 19.9 Å². The summed E-state index contributed by atoms with van der Waals surface area (Å²) in [4.78, 5) is 31.9. The highest BCUT2D eigenvalue weighted by molar-refractivity contribution is 5.98. The maximum absolute atomic E-state index is 12.7.